The molecule has 2 aromatic heterocycles. The number of aromatic nitrogens is 2. The fraction of sp³-hybridized carbons (Fsp3) is 0. The van der Waals surface area contributed by atoms with Crippen molar-refractivity contribution in [1.29, 1.82) is 0 Å². The van der Waals surface area contributed by atoms with Crippen LogP contribution in [0, 0.1) is 0 Å². The number of ether oxygens (including phenoxy) is 2. The maximum atomic E-state index is 7.66. The molecule has 74 heavy (non-hydrogen) atoms. The topological polar surface area (TPSA) is 34.8 Å². The number of nitrogens with zero attached hydrogens (tertiary/aromatic N) is 4. The third-order valence-corrected chi connectivity index (χ3v) is 16.2. The van der Waals surface area contributed by atoms with Crippen LogP contribution < -0.4 is 52.1 Å². The Labute approximate surface area is 427 Å². The van der Waals surface area contributed by atoms with Crippen molar-refractivity contribution in [2.75, 3.05) is 9.80 Å². The molecule has 0 unspecified atom stereocenters. The lowest BCUT2D eigenvalue weighted by Gasteiger charge is -2.42. The molecule has 6 nitrogen and oxygen atoms in total. The molecule has 0 amide bonds. The van der Waals surface area contributed by atoms with Gasteiger partial charge in [-0.2, -0.15) is 0 Å². The van der Waals surface area contributed by atoms with E-state index in [1.165, 1.54) is 32.5 Å². The Morgan fingerprint density at radius 1 is 0.270 bits per heavy atom. The van der Waals surface area contributed by atoms with E-state index in [1.807, 2.05) is 0 Å². The van der Waals surface area contributed by atoms with Crippen LogP contribution in [-0.2, 0) is 0 Å². The molecule has 0 radical (unpaired) electrons. The number of hydrogen-bond donors (Lipinski definition) is 0. The summed E-state index contributed by atoms with van der Waals surface area (Å²) in [6.07, 6.45) is 0. The molecule has 4 aliphatic heterocycles. The minimum atomic E-state index is -0.144. The van der Waals surface area contributed by atoms with Gasteiger partial charge in [0, 0.05) is 67.8 Å². The Morgan fingerprint density at radius 2 is 0.608 bits per heavy atom. The summed E-state index contributed by atoms with van der Waals surface area (Å²) in [4.78, 5) is 4.85. The highest BCUT2D eigenvalue weighted by molar-refractivity contribution is 7.01. The molecule has 4 aliphatic rings. The standard InChI is InChI=1S/C66H40B2N4O2/c1-3-19-41(20-4-1)69-57-33-17-11-27-49(57)67-51-35-36-52-66(65(51)73-61-39-43(37-59(69)63(61)67)71-53-29-13-7-23-45(53)46-24-8-14-30-54(46)71)74-62-40-44(72-55-31-15-9-25-47(55)48-26-10-16-32-56(48)72)38-60-64(62)68(52)50-28-12-18-34-58(50)70(60)42-21-5-2-6-22-42/h1-40H. The summed E-state index contributed by atoms with van der Waals surface area (Å²) in [5, 5.41) is 4.85. The first kappa shape index (κ1) is 40.0. The largest absolute Gasteiger partial charge is 0.454 e. The fourth-order valence-electron chi connectivity index (χ4n) is 13.3. The summed E-state index contributed by atoms with van der Waals surface area (Å²) in [5.41, 5.74) is 20.1. The van der Waals surface area contributed by atoms with Crippen LogP contribution in [-0.4, -0.2) is 22.6 Å². The van der Waals surface area contributed by atoms with Gasteiger partial charge >= 0.3 is 0 Å². The molecular formula is C66H40B2N4O2. The zero-order valence-electron chi connectivity index (χ0n) is 39.9. The van der Waals surface area contributed by atoms with Crippen LogP contribution in [0.5, 0.6) is 23.0 Å². The van der Waals surface area contributed by atoms with Gasteiger partial charge in [0.15, 0.2) is 11.5 Å². The molecule has 8 heteroatoms. The van der Waals surface area contributed by atoms with Crippen LogP contribution >= 0.6 is 0 Å². The minimum absolute atomic E-state index is 0.144. The van der Waals surface area contributed by atoms with Gasteiger partial charge < -0.3 is 28.4 Å². The monoisotopic (exact) mass is 942 g/mol. The van der Waals surface area contributed by atoms with Gasteiger partial charge in [-0.3, -0.25) is 0 Å². The summed E-state index contributed by atoms with van der Waals surface area (Å²) in [6.45, 7) is -0.289. The summed E-state index contributed by atoms with van der Waals surface area (Å²) >= 11 is 0. The number of hydrogen-bond acceptors (Lipinski definition) is 4. The van der Waals surface area contributed by atoms with Crippen LogP contribution in [0.15, 0.2) is 243 Å². The third kappa shape index (κ3) is 5.35. The van der Waals surface area contributed by atoms with Crippen molar-refractivity contribution in [1.82, 2.24) is 9.13 Å². The van der Waals surface area contributed by atoms with Gasteiger partial charge in [0.2, 0.25) is 0 Å². The van der Waals surface area contributed by atoms with E-state index >= 15 is 0 Å². The normalized spacial score (nSPS) is 13.5. The van der Waals surface area contributed by atoms with E-state index in [1.54, 1.807) is 0 Å². The zero-order chi connectivity index (χ0) is 48.2. The predicted octanol–water partition coefficient (Wildman–Crippen LogP) is 12.7. The summed E-state index contributed by atoms with van der Waals surface area (Å²) in [5.74, 6) is 3.14. The molecule has 0 atom stereocenters. The smallest absolute Gasteiger partial charge is 0.256 e. The number of anilines is 6. The van der Waals surface area contributed by atoms with Crippen molar-refractivity contribution in [3.8, 4) is 34.4 Å². The maximum Gasteiger partial charge on any atom is 0.256 e. The lowest BCUT2D eigenvalue weighted by Crippen LogP contribution is -2.62. The van der Waals surface area contributed by atoms with Gasteiger partial charge in [-0.05, 0) is 106 Å². The molecular weight excluding hydrogens is 902 g/mol. The van der Waals surface area contributed by atoms with E-state index in [2.05, 4.69) is 262 Å². The molecule has 0 saturated heterocycles. The average Bonchev–Trinajstić information content (AvgIpc) is 4.04. The van der Waals surface area contributed by atoms with Gasteiger partial charge in [-0.25, -0.2) is 0 Å². The van der Waals surface area contributed by atoms with Gasteiger partial charge in [0.25, 0.3) is 13.4 Å². The van der Waals surface area contributed by atoms with Crippen molar-refractivity contribution in [3.05, 3.63) is 243 Å². The van der Waals surface area contributed by atoms with Gasteiger partial charge in [0.05, 0.1) is 33.4 Å². The average molecular weight is 943 g/mol. The van der Waals surface area contributed by atoms with Crippen molar-refractivity contribution < 1.29 is 9.47 Å². The van der Waals surface area contributed by atoms with Gasteiger partial charge in [0.1, 0.15) is 11.5 Å². The fourth-order valence-corrected chi connectivity index (χ4v) is 13.3. The Bertz CT molecular complexity index is 4150. The zero-order valence-corrected chi connectivity index (χ0v) is 39.9. The van der Waals surface area contributed by atoms with Crippen LogP contribution in [0.4, 0.5) is 34.1 Å². The Balaban J connectivity index is 0.940. The highest BCUT2D eigenvalue weighted by Crippen LogP contribution is 2.48. The van der Waals surface area contributed by atoms with Gasteiger partial charge in [-0.15, -0.1) is 0 Å². The molecule has 0 aliphatic carbocycles. The second kappa shape index (κ2) is 14.9. The molecule has 0 saturated carbocycles. The van der Waals surface area contributed by atoms with E-state index < -0.39 is 0 Å². The maximum absolute atomic E-state index is 7.66. The first-order valence-corrected chi connectivity index (χ1v) is 25.5. The lowest BCUT2D eigenvalue weighted by molar-refractivity contribution is 0.424. The van der Waals surface area contributed by atoms with E-state index in [9.17, 15) is 0 Å². The number of benzene rings is 11. The van der Waals surface area contributed by atoms with Crippen molar-refractivity contribution in [2.24, 2.45) is 0 Å². The predicted molar refractivity (Wildman–Crippen MR) is 307 cm³/mol. The molecule has 0 fully saturated rings. The van der Waals surface area contributed by atoms with E-state index in [0.29, 0.717) is 0 Å². The van der Waals surface area contributed by atoms with Crippen molar-refractivity contribution >= 4 is 124 Å². The molecule has 6 heterocycles. The van der Waals surface area contributed by atoms with E-state index in [4.69, 9.17) is 9.47 Å². The quantitative estimate of drug-likeness (QED) is 0.165. The Morgan fingerprint density at radius 3 is 1.00 bits per heavy atom. The van der Waals surface area contributed by atoms with Crippen LogP contribution in [0.1, 0.15) is 0 Å². The van der Waals surface area contributed by atoms with Crippen molar-refractivity contribution in [2.45, 2.75) is 0 Å². The summed E-state index contributed by atoms with van der Waals surface area (Å²) < 4.78 is 20.1. The first-order valence-electron chi connectivity index (χ1n) is 25.5. The van der Waals surface area contributed by atoms with Crippen LogP contribution in [0.3, 0.4) is 0 Å². The highest BCUT2D eigenvalue weighted by Gasteiger charge is 2.48. The Kier molecular flexibility index (Phi) is 8.08. The Hall–Kier alpha value is -9.65. The molecule has 13 aromatic rings. The number of para-hydroxylation sites is 8. The van der Waals surface area contributed by atoms with Gasteiger partial charge in [-0.1, -0.05) is 158 Å². The third-order valence-electron chi connectivity index (χ3n) is 16.2. The minimum Gasteiger partial charge on any atom is -0.454 e. The molecule has 17 rings (SSSR count). The lowest BCUT2D eigenvalue weighted by atomic mass is 9.32. The molecule has 0 N–H and O–H groups in total. The molecule has 0 spiro atoms. The van der Waals surface area contributed by atoms with E-state index in [-0.39, 0.29) is 13.4 Å². The summed E-state index contributed by atoms with van der Waals surface area (Å²) in [7, 11) is 0. The molecule has 11 aromatic carbocycles. The van der Waals surface area contributed by atoms with E-state index in [0.717, 1.165) is 112 Å². The highest BCUT2D eigenvalue weighted by atomic mass is 16.5. The summed E-state index contributed by atoms with van der Waals surface area (Å²) in [6, 6.07) is 88.2. The second-order valence-corrected chi connectivity index (χ2v) is 19.9. The SMILES string of the molecule is c1ccc(N2c3ccccc3B3c4ccc5c(c4Oc4cc(-n6c7ccccc7c7ccccc76)cc2c43)Oc2cc(-n3c4ccccc4c4ccccc43)cc3c2B5c2ccccc2N3c2ccccc2)cc1. The number of fused-ring (bicyclic) bond motifs is 15. The second-order valence-electron chi connectivity index (χ2n) is 19.9. The molecule has 342 valence electrons. The van der Waals surface area contributed by atoms with Crippen LogP contribution in [0.25, 0.3) is 55.0 Å². The van der Waals surface area contributed by atoms with Crippen molar-refractivity contribution in [3.63, 3.8) is 0 Å². The molecule has 0 bridgehead atoms. The first-order chi connectivity index (χ1) is 36.7. The number of rotatable bonds is 4. The van der Waals surface area contributed by atoms with Crippen LogP contribution in [0.2, 0.25) is 0 Å².